The number of unbranched alkanes of at least 4 members (excludes halogenated alkanes) is 4. The zero-order valence-electron chi connectivity index (χ0n) is 16.4. The summed E-state index contributed by atoms with van der Waals surface area (Å²) in [6.07, 6.45) is 6.32. The number of anilines is 1. The monoisotopic (exact) mass is 345 g/mol. The molecule has 1 aromatic carbocycles. The molecule has 0 saturated carbocycles. The van der Waals surface area contributed by atoms with Crippen LogP contribution in [0.4, 0.5) is 5.69 Å². The van der Waals surface area contributed by atoms with Gasteiger partial charge in [0.05, 0.1) is 11.2 Å². The summed E-state index contributed by atoms with van der Waals surface area (Å²) in [6, 6.07) is 7.75. The highest BCUT2D eigenvalue weighted by Crippen LogP contribution is 2.36. The Morgan fingerprint density at radius 2 is 1.68 bits per heavy atom. The van der Waals surface area contributed by atoms with Crippen molar-refractivity contribution in [2.45, 2.75) is 84.3 Å². The lowest BCUT2D eigenvalue weighted by Gasteiger charge is -2.32. The second-order valence-electron chi connectivity index (χ2n) is 7.93. The van der Waals surface area contributed by atoms with E-state index in [1.807, 2.05) is 52.0 Å². The van der Waals surface area contributed by atoms with Crippen LogP contribution in [0.25, 0.3) is 0 Å². The van der Waals surface area contributed by atoms with Crippen molar-refractivity contribution in [2.75, 3.05) is 5.32 Å². The number of benzene rings is 1. The normalized spacial score (nSPS) is 18.4. The van der Waals surface area contributed by atoms with E-state index in [0.29, 0.717) is 6.42 Å². The Morgan fingerprint density at radius 3 is 2.32 bits per heavy atom. The first-order chi connectivity index (χ1) is 11.7. The molecule has 2 rings (SSSR count). The maximum absolute atomic E-state index is 12.1. The quantitative estimate of drug-likeness (QED) is 0.565. The van der Waals surface area contributed by atoms with Crippen molar-refractivity contribution >= 4 is 24.2 Å². The topological polar surface area (TPSA) is 47.6 Å². The molecule has 1 amide bonds. The summed E-state index contributed by atoms with van der Waals surface area (Å²) in [5, 5.41) is 2.99. The zero-order chi connectivity index (χ0) is 18.5. The minimum Gasteiger partial charge on any atom is -0.399 e. The highest BCUT2D eigenvalue weighted by atomic mass is 16.7. The molecule has 1 saturated heterocycles. The Morgan fingerprint density at radius 1 is 1.04 bits per heavy atom. The molecule has 0 unspecified atom stereocenters. The molecule has 4 nitrogen and oxygen atoms in total. The summed E-state index contributed by atoms with van der Waals surface area (Å²) in [4.78, 5) is 12.1. The van der Waals surface area contributed by atoms with Crippen LogP contribution in [0.2, 0.25) is 0 Å². The summed E-state index contributed by atoms with van der Waals surface area (Å²) in [5.74, 6) is 0.0718. The van der Waals surface area contributed by atoms with Crippen molar-refractivity contribution < 1.29 is 14.1 Å². The Bertz CT molecular complexity index is 570. The smallest absolute Gasteiger partial charge is 0.399 e. The fraction of sp³-hybridized carbons (Fsp3) is 0.650. The van der Waals surface area contributed by atoms with Gasteiger partial charge in [-0.15, -0.1) is 0 Å². The van der Waals surface area contributed by atoms with Crippen molar-refractivity contribution in [3.05, 3.63) is 24.3 Å². The first-order valence-electron chi connectivity index (χ1n) is 9.50. The van der Waals surface area contributed by atoms with Gasteiger partial charge in [0.2, 0.25) is 5.91 Å². The number of amides is 1. The van der Waals surface area contributed by atoms with Gasteiger partial charge in [0.25, 0.3) is 0 Å². The van der Waals surface area contributed by atoms with Crippen LogP contribution < -0.4 is 10.8 Å². The highest BCUT2D eigenvalue weighted by Gasteiger charge is 2.51. The number of nitrogens with one attached hydrogen (secondary N) is 1. The van der Waals surface area contributed by atoms with Crippen molar-refractivity contribution in [1.82, 2.24) is 0 Å². The summed E-state index contributed by atoms with van der Waals surface area (Å²) >= 11 is 0. The molecular weight excluding hydrogens is 313 g/mol. The molecule has 0 radical (unpaired) electrons. The number of hydrogen-bond acceptors (Lipinski definition) is 3. The van der Waals surface area contributed by atoms with Crippen molar-refractivity contribution in [3.8, 4) is 0 Å². The molecule has 1 heterocycles. The van der Waals surface area contributed by atoms with Gasteiger partial charge in [-0.05, 0) is 51.7 Å². The van der Waals surface area contributed by atoms with Crippen molar-refractivity contribution in [2.24, 2.45) is 0 Å². The van der Waals surface area contributed by atoms with Gasteiger partial charge in [-0.3, -0.25) is 4.79 Å². The highest BCUT2D eigenvalue weighted by molar-refractivity contribution is 6.62. The molecule has 1 aliphatic rings. The van der Waals surface area contributed by atoms with Crippen LogP contribution in [0.3, 0.4) is 0 Å². The molecule has 0 aromatic heterocycles. The van der Waals surface area contributed by atoms with Gasteiger partial charge < -0.3 is 14.6 Å². The summed E-state index contributed by atoms with van der Waals surface area (Å²) < 4.78 is 12.2. The minimum atomic E-state index is -0.407. The lowest BCUT2D eigenvalue weighted by molar-refractivity contribution is -0.116. The van der Waals surface area contributed by atoms with Crippen molar-refractivity contribution in [3.63, 3.8) is 0 Å². The van der Waals surface area contributed by atoms with Crippen LogP contribution in [-0.2, 0) is 14.1 Å². The third-order valence-corrected chi connectivity index (χ3v) is 5.20. The molecule has 1 aromatic rings. The first kappa shape index (κ1) is 20.0. The number of carbonyl (C=O) groups is 1. The molecular formula is C20H32BNO3. The van der Waals surface area contributed by atoms with Crippen LogP contribution in [0, 0.1) is 0 Å². The van der Waals surface area contributed by atoms with Gasteiger partial charge in [0, 0.05) is 12.1 Å². The fourth-order valence-corrected chi connectivity index (χ4v) is 2.85. The van der Waals surface area contributed by atoms with Gasteiger partial charge in [0.15, 0.2) is 0 Å². The summed E-state index contributed by atoms with van der Waals surface area (Å²) in [6.45, 7) is 10.3. The molecule has 0 aliphatic carbocycles. The Labute approximate surface area is 152 Å². The molecule has 1 aliphatic heterocycles. The van der Waals surface area contributed by atoms with E-state index in [1.165, 1.54) is 19.3 Å². The van der Waals surface area contributed by atoms with E-state index >= 15 is 0 Å². The van der Waals surface area contributed by atoms with Gasteiger partial charge >= 0.3 is 7.12 Å². The maximum Gasteiger partial charge on any atom is 0.494 e. The predicted molar refractivity (Wildman–Crippen MR) is 104 cm³/mol. The predicted octanol–water partition coefficient (Wildman–Crippen LogP) is 4.28. The van der Waals surface area contributed by atoms with E-state index in [2.05, 4.69) is 12.2 Å². The third kappa shape index (κ3) is 5.32. The van der Waals surface area contributed by atoms with Crippen LogP contribution in [0.5, 0.6) is 0 Å². The molecule has 1 N–H and O–H groups in total. The molecule has 0 bridgehead atoms. The lowest BCUT2D eigenvalue weighted by atomic mass is 9.79. The maximum atomic E-state index is 12.1. The van der Waals surface area contributed by atoms with Gasteiger partial charge in [-0.1, -0.05) is 44.7 Å². The van der Waals surface area contributed by atoms with Crippen LogP contribution in [-0.4, -0.2) is 24.2 Å². The van der Waals surface area contributed by atoms with E-state index in [-0.39, 0.29) is 17.1 Å². The molecule has 25 heavy (non-hydrogen) atoms. The van der Waals surface area contributed by atoms with Crippen LogP contribution in [0.1, 0.15) is 73.1 Å². The molecule has 0 atom stereocenters. The van der Waals surface area contributed by atoms with Crippen molar-refractivity contribution in [1.29, 1.82) is 0 Å². The van der Waals surface area contributed by atoms with Gasteiger partial charge in [-0.2, -0.15) is 0 Å². The van der Waals surface area contributed by atoms with E-state index < -0.39 is 7.12 Å². The standard InChI is InChI=1S/C20H32BNO3/c1-6-7-8-9-10-14-18(23)22-17-13-11-12-16(15-17)21-24-19(2,3)20(4,5)25-21/h11-13,15H,6-10,14H2,1-5H3,(H,22,23). The van der Waals surface area contributed by atoms with E-state index in [9.17, 15) is 4.79 Å². The lowest BCUT2D eigenvalue weighted by Crippen LogP contribution is -2.41. The van der Waals surface area contributed by atoms with E-state index in [4.69, 9.17) is 9.31 Å². The summed E-state index contributed by atoms with van der Waals surface area (Å²) in [7, 11) is -0.407. The Hall–Kier alpha value is -1.33. The number of rotatable bonds is 8. The Balaban J connectivity index is 1.90. The van der Waals surface area contributed by atoms with Gasteiger partial charge in [0.1, 0.15) is 0 Å². The van der Waals surface area contributed by atoms with Crippen LogP contribution in [0.15, 0.2) is 24.3 Å². The molecule has 5 heteroatoms. The number of hydrogen-bond donors (Lipinski definition) is 1. The average molecular weight is 345 g/mol. The Kier molecular flexibility index (Phi) is 6.69. The molecule has 1 fully saturated rings. The largest absolute Gasteiger partial charge is 0.494 e. The summed E-state index contributed by atoms with van der Waals surface area (Å²) in [5.41, 5.74) is 0.996. The second kappa shape index (κ2) is 8.37. The zero-order valence-corrected chi connectivity index (χ0v) is 16.4. The average Bonchev–Trinajstić information content (AvgIpc) is 2.75. The fourth-order valence-electron chi connectivity index (χ4n) is 2.85. The molecule has 0 spiro atoms. The SMILES string of the molecule is CCCCCCCC(=O)Nc1cccc(B2OC(C)(C)C(C)(C)O2)c1. The number of carbonyl (C=O) groups excluding carboxylic acids is 1. The van der Waals surface area contributed by atoms with E-state index in [1.54, 1.807) is 0 Å². The van der Waals surface area contributed by atoms with Gasteiger partial charge in [-0.25, -0.2) is 0 Å². The second-order valence-corrected chi connectivity index (χ2v) is 7.93. The van der Waals surface area contributed by atoms with Crippen LogP contribution >= 0.6 is 0 Å². The molecule has 138 valence electrons. The third-order valence-electron chi connectivity index (χ3n) is 5.20. The first-order valence-corrected chi connectivity index (χ1v) is 9.50. The minimum absolute atomic E-state index is 0.0718. The van der Waals surface area contributed by atoms with E-state index in [0.717, 1.165) is 24.0 Å².